The molecular formula is C9H17F3O2. The maximum Gasteiger partial charge on any atom is 0.389 e. The molecule has 0 aliphatic heterocycles. The predicted molar refractivity (Wildman–Crippen MR) is 46.8 cm³/mol. The van der Waals surface area contributed by atoms with E-state index in [1.54, 1.807) is 13.8 Å². The Balaban J connectivity index is 3.69. The lowest BCUT2D eigenvalue weighted by Crippen LogP contribution is -2.30. The average molecular weight is 214 g/mol. The van der Waals surface area contributed by atoms with E-state index in [0.29, 0.717) is 0 Å². The van der Waals surface area contributed by atoms with Crippen LogP contribution >= 0.6 is 0 Å². The Bertz CT molecular complexity index is 157. The summed E-state index contributed by atoms with van der Waals surface area (Å²) in [7, 11) is 0. The number of rotatable bonds is 5. The van der Waals surface area contributed by atoms with Crippen LogP contribution in [0.15, 0.2) is 0 Å². The van der Waals surface area contributed by atoms with E-state index in [1.165, 1.54) is 0 Å². The van der Waals surface area contributed by atoms with Crippen LogP contribution < -0.4 is 0 Å². The van der Waals surface area contributed by atoms with Gasteiger partial charge in [-0.05, 0) is 18.8 Å². The van der Waals surface area contributed by atoms with Crippen molar-refractivity contribution in [3.63, 3.8) is 0 Å². The summed E-state index contributed by atoms with van der Waals surface area (Å²) in [5, 5.41) is 18.6. The molecule has 2 unspecified atom stereocenters. The molecule has 0 aromatic carbocycles. The molecule has 2 N–H and O–H groups in total. The third kappa shape index (κ3) is 6.21. The van der Waals surface area contributed by atoms with Gasteiger partial charge in [0.15, 0.2) is 0 Å². The molecule has 0 bridgehead atoms. The third-order valence-corrected chi connectivity index (χ3v) is 2.04. The normalized spacial score (nSPS) is 17.1. The molecule has 0 spiro atoms. The van der Waals surface area contributed by atoms with E-state index in [4.69, 9.17) is 0 Å². The van der Waals surface area contributed by atoms with Gasteiger partial charge in [0.1, 0.15) is 0 Å². The van der Waals surface area contributed by atoms with E-state index in [0.717, 1.165) is 0 Å². The minimum Gasteiger partial charge on any atom is -0.390 e. The molecule has 0 aliphatic rings. The maximum atomic E-state index is 11.7. The lowest BCUT2D eigenvalue weighted by atomic mass is 9.98. The summed E-state index contributed by atoms with van der Waals surface area (Å²) in [5.41, 5.74) is 0. The van der Waals surface area contributed by atoms with Crippen molar-refractivity contribution < 1.29 is 23.4 Å². The van der Waals surface area contributed by atoms with Crippen molar-refractivity contribution in [1.82, 2.24) is 0 Å². The van der Waals surface area contributed by atoms with E-state index in [1.807, 2.05) is 0 Å². The van der Waals surface area contributed by atoms with Crippen LogP contribution in [0.1, 0.15) is 33.1 Å². The molecule has 0 aromatic heterocycles. The molecule has 0 radical (unpaired) electrons. The van der Waals surface area contributed by atoms with Crippen LogP contribution in [0, 0.1) is 5.92 Å². The molecule has 86 valence electrons. The Labute approximate surface area is 81.7 Å². The number of hydrogen-bond acceptors (Lipinski definition) is 2. The van der Waals surface area contributed by atoms with Crippen LogP contribution in [0.4, 0.5) is 13.2 Å². The Morgan fingerprint density at radius 2 is 1.64 bits per heavy atom. The summed E-state index contributed by atoms with van der Waals surface area (Å²) in [5.74, 6) is -0.143. The average Bonchev–Trinajstić information content (AvgIpc) is 2.00. The summed E-state index contributed by atoms with van der Waals surface area (Å²) in [6, 6.07) is 0. The first-order valence-electron chi connectivity index (χ1n) is 4.67. The van der Waals surface area contributed by atoms with E-state index in [9.17, 15) is 23.4 Å². The lowest BCUT2D eigenvalue weighted by Gasteiger charge is -2.21. The molecule has 0 saturated heterocycles. The SMILES string of the molecule is CC(C)C(O)C(O)CCCC(F)(F)F. The van der Waals surface area contributed by atoms with Gasteiger partial charge in [-0.25, -0.2) is 0 Å². The fraction of sp³-hybridized carbons (Fsp3) is 1.00. The van der Waals surface area contributed by atoms with Crippen LogP contribution in [0.3, 0.4) is 0 Å². The zero-order chi connectivity index (χ0) is 11.4. The van der Waals surface area contributed by atoms with E-state index >= 15 is 0 Å². The molecule has 0 aromatic rings. The van der Waals surface area contributed by atoms with Crippen molar-refractivity contribution in [2.45, 2.75) is 51.5 Å². The summed E-state index contributed by atoms with van der Waals surface area (Å²) in [6.45, 7) is 3.41. The van der Waals surface area contributed by atoms with Crippen molar-refractivity contribution in [3.05, 3.63) is 0 Å². The zero-order valence-corrected chi connectivity index (χ0v) is 8.38. The van der Waals surface area contributed by atoms with Crippen LogP contribution in [-0.2, 0) is 0 Å². The molecule has 0 rings (SSSR count). The zero-order valence-electron chi connectivity index (χ0n) is 8.38. The van der Waals surface area contributed by atoms with Crippen LogP contribution in [0.5, 0.6) is 0 Å². The minimum atomic E-state index is -4.18. The number of hydrogen-bond donors (Lipinski definition) is 2. The van der Waals surface area contributed by atoms with Crippen LogP contribution in [0.25, 0.3) is 0 Å². The fourth-order valence-electron chi connectivity index (χ4n) is 1.13. The second kappa shape index (κ2) is 5.56. The Kier molecular flexibility index (Phi) is 5.44. The summed E-state index contributed by atoms with van der Waals surface area (Å²) in [4.78, 5) is 0. The van der Waals surface area contributed by atoms with E-state index < -0.39 is 24.8 Å². The van der Waals surface area contributed by atoms with Gasteiger partial charge in [-0.15, -0.1) is 0 Å². The quantitative estimate of drug-likeness (QED) is 0.735. The molecule has 0 aliphatic carbocycles. The first kappa shape index (κ1) is 13.7. The number of aliphatic hydroxyl groups excluding tert-OH is 2. The van der Waals surface area contributed by atoms with Gasteiger partial charge in [0.05, 0.1) is 12.2 Å². The maximum absolute atomic E-state index is 11.7. The summed E-state index contributed by atoms with van der Waals surface area (Å²) in [6.07, 6.45) is -7.24. The molecule has 0 saturated carbocycles. The standard InChI is InChI=1S/C9H17F3O2/c1-6(2)8(14)7(13)4-3-5-9(10,11)12/h6-8,13-14H,3-5H2,1-2H3. The molecule has 0 amide bonds. The molecule has 14 heavy (non-hydrogen) atoms. The molecule has 0 heterocycles. The molecule has 2 atom stereocenters. The predicted octanol–water partition coefficient (Wildman–Crippen LogP) is 2.10. The largest absolute Gasteiger partial charge is 0.390 e. The highest BCUT2D eigenvalue weighted by atomic mass is 19.4. The minimum absolute atomic E-state index is 0.0150. The van der Waals surface area contributed by atoms with Crippen molar-refractivity contribution in [2.24, 2.45) is 5.92 Å². The van der Waals surface area contributed by atoms with Gasteiger partial charge >= 0.3 is 6.18 Å². The Morgan fingerprint density at radius 1 is 1.14 bits per heavy atom. The van der Waals surface area contributed by atoms with E-state index in [-0.39, 0.29) is 18.8 Å². The van der Waals surface area contributed by atoms with Crippen molar-refractivity contribution in [2.75, 3.05) is 0 Å². The van der Waals surface area contributed by atoms with Gasteiger partial charge in [-0.1, -0.05) is 13.8 Å². The lowest BCUT2D eigenvalue weighted by molar-refractivity contribution is -0.137. The van der Waals surface area contributed by atoms with Gasteiger partial charge in [0, 0.05) is 6.42 Å². The van der Waals surface area contributed by atoms with E-state index in [2.05, 4.69) is 0 Å². The van der Waals surface area contributed by atoms with Gasteiger partial charge < -0.3 is 10.2 Å². The highest BCUT2D eigenvalue weighted by Gasteiger charge is 2.27. The smallest absolute Gasteiger partial charge is 0.389 e. The molecule has 5 heteroatoms. The highest BCUT2D eigenvalue weighted by Crippen LogP contribution is 2.23. The highest BCUT2D eigenvalue weighted by molar-refractivity contribution is 4.70. The summed E-state index contributed by atoms with van der Waals surface area (Å²) < 4.78 is 35.2. The number of halogens is 3. The third-order valence-electron chi connectivity index (χ3n) is 2.04. The van der Waals surface area contributed by atoms with Gasteiger partial charge in [0.2, 0.25) is 0 Å². The van der Waals surface area contributed by atoms with Gasteiger partial charge in [-0.2, -0.15) is 13.2 Å². The molecule has 0 fully saturated rings. The number of aliphatic hydroxyl groups is 2. The number of alkyl halides is 3. The molecule has 2 nitrogen and oxygen atoms in total. The van der Waals surface area contributed by atoms with Gasteiger partial charge in [0.25, 0.3) is 0 Å². The van der Waals surface area contributed by atoms with Crippen molar-refractivity contribution >= 4 is 0 Å². The molecular weight excluding hydrogens is 197 g/mol. The van der Waals surface area contributed by atoms with Crippen molar-refractivity contribution in [3.8, 4) is 0 Å². The second-order valence-electron chi connectivity index (χ2n) is 3.81. The topological polar surface area (TPSA) is 40.5 Å². The second-order valence-corrected chi connectivity index (χ2v) is 3.81. The van der Waals surface area contributed by atoms with Crippen LogP contribution in [-0.4, -0.2) is 28.6 Å². The first-order valence-corrected chi connectivity index (χ1v) is 4.67. The summed E-state index contributed by atoms with van der Waals surface area (Å²) >= 11 is 0. The van der Waals surface area contributed by atoms with Crippen molar-refractivity contribution in [1.29, 1.82) is 0 Å². The fourth-order valence-corrected chi connectivity index (χ4v) is 1.13. The Hall–Kier alpha value is -0.290. The van der Waals surface area contributed by atoms with Gasteiger partial charge in [-0.3, -0.25) is 0 Å². The van der Waals surface area contributed by atoms with Crippen LogP contribution in [0.2, 0.25) is 0 Å². The Morgan fingerprint density at radius 3 is 2.00 bits per heavy atom. The monoisotopic (exact) mass is 214 g/mol. The first-order chi connectivity index (χ1) is 6.24.